The molecule has 0 saturated carbocycles. The SMILES string of the molecule is CNC1CCCN(C(=O)c2cc([N+](=O)[O-])ccc2OC)C1. The van der Waals surface area contributed by atoms with Gasteiger partial charge < -0.3 is 15.0 Å². The lowest BCUT2D eigenvalue weighted by Gasteiger charge is -2.32. The van der Waals surface area contributed by atoms with Gasteiger partial charge in [-0.05, 0) is 26.0 Å². The van der Waals surface area contributed by atoms with Crippen molar-refractivity contribution in [1.82, 2.24) is 10.2 Å². The Morgan fingerprint density at radius 3 is 2.90 bits per heavy atom. The zero-order chi connectivity index (χ0) is 15.4. The van der Waals surface area contributed by atoms with Crippen LogP contribution in [0.1, 0.15) is 23.2 Å². The Morgan fingerprint density at radius 1 is 1.52 bits per heavy atom. The summed E-state index contributed by atoms with van der Waals surface area (Å²) in [5.41, 5.74) is 0.129. The van der Waals surface area contributed by atoms with Gasteiger partial charge in [-0.3, -0.25) is 14.9 Å². The number of hydrogen-bond donors (Lipinski definition) is 1. The van der Waals surface area contributed by atoms with Gasteiger partial charge in [-0.2, -0.15) is 0 Å². The summed E-state index contributed by atoms with van der Waals surface area (Å²) in [5.74, 6) is 0.132. The minimum atomic E-state index is -0.511. The number of nitrogens with one attached hydrogen (secondary N) is 1. The maximum Gasteiger partial charge on any atom is 0.270 e. The minimum absolute atomic E-state index is 0.110. The third-order valence-corrected chi connectivity index (χ3v) is 3.74. The highest BCUT2D eigenvalue weighted by atomic mass is 16.6. The molecule has 7 heteroatoms. The number of nitrogens with zero attached hydrogens (tertiary/aromatic N) is 2. The maximum atomic E-state index is 12.6. The van der Waals surface area contributed by atoms with Crippen molar-refractivity contribution in [2.24, 2.45) is 0 Å². The highest BCUT2D eigenvalue weighted by Gasteiger charge is 2.26. The number of rotatable bonds is 4. The number of methoxy groups -OCH3 is 1. The number of likely N-dealkylation sites (N-methyl/N-ethyl adjacent to an activating group) is 1. The molecule has 1 heterocycles. The standard InChI is InChI=1S/C14H19N3O4/c1-15-10-4-3-7-16(9-10)14(18)12-8-11(17(19)20)5-6-13(12)21-2/h5-6,8,10,15H,3-4,7,9H2,1-2H3. The van der Waals surface area contributed by atoms with E-state index in [9.17, 15) is 14.9 Å². The Morgan fingerprint density at radius 2 is 2.29 bits per heavy atom. The van der Waals surface area contributed by atoms with Gasteiger partial charge in [-0.15, -0.1) is 0 Å². The first-order valence-electron chi connectivity index (χ1n) is 6.85. The first-order chi connectivity index (χ1) is 10.1. The van der Waals surface area contributed by atoms with Crippen LogP contribution in [-0.4, -0.2) is 49.0 Å². The van der Waals surface area contributed by atoms with E-state index < -0.39 is 4.92 Å². The quantitative estimate of drug-likeness (QED) is 0.670. The van der Waals surface area contributed by atoms with Gasteiger partial charge in [-0.25, -0.2) is 0 Å². The molecular formula is C14H19N3O4. The van der Waals surface area contributed by atoms with Crippen LogP contribution in [0.15, 0.2) is 18.2 Å². The van der Waals surface area contributed by atoms with E-state index in [4.69, 9.17) is 4.74 Å². The molecule has 1 N–H and O–H groups in total. The van der Waals surface area contributed by atoms with Crippen LogP contribution in [0.2, 0.25) is 0 Å². The molecule has 1 aliphatic heterocycles. The number of likely N-dealkylation sites (tertiary alicyclic amines) is 1. The van der Waals surface area contributed by atoms with Crippen molar-refractivity contribution in [2.45, 2.75) is 18.9 Å². The molecule has 114 valence electrons. The highest BCUT2D eigenvalue weighted by molar-refractivity contribution is 5.97. The van der Waals surface area contributed by atoms with Crippen LogP contribution in [0.25, 0.3) is 0 Å². The molecule has 0 aliphatic carbocycles. The third-order valence-electron chi connectivity index (χ3n) is 3.74. The lowest BCUT2D eigenvalue weighted by Crippen LogP contribution is -2.47. The number of ether oxygens (including phenoxy) is 1. The number of carbonyl (C=O) groups is 1. The van der Waals surface area contributed by atoms with Crippen LogP contribution in [0.3, 0.4) is 0 Å². The number of carbonyl (C=O) groups excluding carboxylic acids is 1. The van der Waals surface area contributed by atoms with Gasteiger partial charge in [-0.1, -0.05) is 0 Å². The molecule has 7 nitrogen and oxygen atoms in total. The van der Waals surface area contributed by atoms with E-state index in [-0.39, 0.29) is 23.2 Å². The molecule has 2 rings (SSSR count). The van der Waals surface area contributed by atoms with Crippen molar-refractivity contribution in [3.63, 3.8) is 0 Å². The average molecular weight is 293 g/mol. The molecule has 1 unspecified atom stereocenters. The molecule has 1 atom stereocenters. The second kappa shape index (κ2) is 6.53. The number of benzene rings is 1. The van der Waals surface area contributed by atoms with Crippen LogP contribution in [0.4, 0.5) is 5.69 Å². The highest BCUT2D eigenvalue weighted by Crippen LogP contribution is 2.26. The fourth-order valence-electron chi connectivity index (χ4n) is 2.54. The Labute approximate surface area is 123 Å². The maximum absolute atomic E-state index is 12.6. The summed E-state index contributed by atoms with van der Waals surface area (Å²) < 4.78 is 5.16. The van der Waals surface area contributed by atoms with E-state index in [1.54, 1.807) is 4.90 Å². The Balaban J connectivity index is 2.28. The zero-order valence-corrected chi connectivity index (χ0v) is 12.2. The van der Waals surface area contributed by atoms with E-state index >= 15 is 0 Å². The van der Waals surface area contributed by atoms with Gasteiger partial charge in [0.1, 0.15) is 5.75 Å². The smallest absolute Gasteiger partial charge is 0.270 e. The van der Waals surface area contributed by atoms with Gasteiger partial charge in [0.15, 0.2) is 0 Å². The molecular weight excluding hydrogens is 274 g/mol. The Kier molecular flexibility index (Phi) is 4.74. The van der Waals surface area contributed by atoms with E-state index in [2.05, 4.69) is 5.32 Å². The number of hydrogen-bond acceptors (Lipinski definition) is 5. The van der Waals surface area contributed by atoms with Crippen LogP contribution in [0, 0.1) is 10.1 Å². The van der Waals surface area contributed by atoms with E-state index in [0.717, 1.165) is 12.8 Å². The molecule has 21 heavy (non-hydrogen) atoms. The minimum Gasteiger partial charge on any atom is -0.496 e. The summed E-state index contributed by atoms with van der Waals surface area (Å²) in [6.07, 6.45) is 1.93. The van der Waals surface area contributed by atoms with E-state index in [1.165, 1.54) is 25.3 Å². The largest absolute Gasteiger partial charge is 0.496 e. The fourth-order valence-corrected chi connectivity index (χ4v) is 2.54. The number of amides is 1. The number of nitro benzene ring substituents is 1. The molecule has 1 saturated heterocycles. The van der Waals surface area contributed by atoms with Crippen LogP contribution >= 0.6 is 0 Å². The molecule has 0 radical (unpaired) electrons. The number of nitro groups is 1. The Bertz CT molecular complexity index is 547. The van der Waals surface area contributed by atoms with Gasteiger partial charge in [0.25, 0.3) is 11.6 Å². The fraction of sp³-hybridized carbons (Fsp3) is 0.500. The van der Waals surface area contributed by atoms with Crippen LogP contribution in [-0.2, 0) is 0 Å². The van der Waals surface area contributed by atoms with Gasteiger partial charge in [0.05, 0.1) is 17.6 Å². The lowest BCUT2D eigenvalue weighted by atomic mass is 10.0. The number of non-ortho nitro benzene ring substituents is 1. The van der Waals surface area contributed by atoms with Crippen molar-refractivity contribution in [3.05, 3.63) is 33.9 Å². The molecule has 0 aromatic heterocycles. The zero-order valence-electron chi connectivity index (χ0n) is 12.2. The second-order valence-corrected chi connectivity index (χ2v) is 5.02. The second-order valence-electron chi connectivity index (χ2n) is 5.02. The summed E-state index contributed by atoms with van der Waals surface area (Å²) in [7, 11) is 3.32. The molecule has 1 aliphatic rings. The molecule has 1 aromatic carbocycles. The monoisotopic (exact) mass is 293 g/mol. The normalized spacial score (nSPS) is 18.4. The van der Waals surface area contributed by atoms with Crippen molar-refractivity contribution >= 4 is 11.6 Å². The van der Waals surface area contributed by atoms with E-state index in [1.807, 2.05) is 7.05 Å². The topological polar surface area (TPSA) is 84.7 Å². The van der Waals surface area contributed by atoms with Crippen LogP contribution in [0.5, 0.6) is 5.75 Å². The van der Waals surface area contributed by atoms with E-state index in [0.29, 0.717) is 18.8 Å². The summed E-state index contributed by atoms with van der Waals surface area (Å²) in [6, 6.07) is 4.34. The third kappa shape index (κ3) is 3.30. The summed E-state index contributed by atoms with van der Waals surface area (Å²) in [6.45, 7) is 1.25. The Hall–Kier alpha value is -2.15. The number of piperidine rings is 1. The average Bonchev–Trinajstić information content (AvgIpc) is 2.53. The molecule has 0 spiro atoms. The molecule has 1 aromatic rings. The first kappa shape index (κ1) is 15.2. The van der Waals surface area contributed by atoms with Crippen LogP contribution < -0.4 is 10.1 Å². The van der Waals surface area contributed by atoms with Gasteiger partial charge in [0.2, 0.25) is 0 Å². The van der Waals surface area contributed by atoms with Crippen molar-refractivity contribution in [1.29, 1.82) is 0 Å². The summed E-state index contributed by atoms with van der Waals surface area (Å²) in [5, 5.41) is 14.0. The molecule has 1 fully saturated rings. The predicted octanol–water partition coefficient (Wildman–Crippen LogP) is 1.43. The van der Waals surface area contributed by atoms with Crippen molar-refractivity contribution in [3.8, 4) is 5.75 Å². The van der Waals surface area contributed by atoms with Crippen molar-refractivity contribution < 1.29 is 14.5 Å². The van der Waals surface area contributed by atoms with Gasteiger partial charge in [0, 0.05) is 31.3 Å². The summed E-state index contributed by atoms with van der Waals surface area (Å²) >= 11 is 0. The van der Waals surface area contributed by atoms with Crippen molar-refractivity contribution in [2.75, 3.05) is 27.2 Å². The first-order valence-corrected chi connectivity index (χ1v) is 6.85. The molecule has 1 amide bonds. The summed E-state index contributed by atoms with van der Waals surface area (Å²) in [4.78, 5) is 24.7. The molecule has 0 bridgehead atoms. The predicted molar refractivity (Wildman–Crippen MR) is 77.6 cm³/mol. The van der Waals surface area contributed by atoms with Gasteiger partial charge >= 0.3 is 0 Å². The lowest BCUT2D eigenvalue weighted by molar-refractivity contribution is -0.384.